The molecule has 8 heteroatoms. The molecule has 138 valence electrons. The Balaban J connectivity index is 2.13. The molecule has 0 atom stereocenters. The predicted molar refractivity (Wildman–Crippen MR) is 97.1 cm³/mol. The van der Waals surface area contributed by atoms with Gasteiger partial charge in [-0.05, 0) is 37.0 Å². The van der Waals surface area contributed by atoms with E-state index in [1.54, 1.807) is 30.0 Å². The molecule has 0 aliphatic heterocycles. The lowest BCUT2D eigenvalue weighted by molar-refractivity contribution is -0.134. The summed E-state index contributed by atoms with van der Waals surface area (Å²) in [4.78, 5) is 11.2. The van der Waals surface area contributed by atoms with E-state index in [-0.39, 0.29) is 12.3 Å². The van der Waals surface area contributed by atoms with Gasteiger partial charge in [0.25, 0.3) is 0 Å². The molecule has 5 nitrogen and oxygen atoms in total. The Morgan fingerprint density at radius 1 is 1.38 bits per heavy atom. The Kier molecular flexibility index (Phi) is 5.65. The summed E-state index contributed by atoms with van der Waals surface area (Å²) in [5, 5.41) is 14.6. The van der Waals surface area contributed by atoms with Gasteiger partial charge in [-0.15, -0.1) is 0 Å². The minimum absolute atomic E-state index is 0.182. The fraction of sp³-hybridized carbons (Fsp3) is 0.333. The number of carboxylic acids is 1. The van der Waals surface area contributed by atoms with Gasteiger partial charge in [0.2, 0.25) is 5.83 Å². The molecule has 0 saturated carbocycles. The van der Waals surface area contributed by atoms with Gasteiger partial charge in [0.05, 0.1) is 5.69 Å². The first-order valence-electron chi connectivity index (χ1n) is 8.06. The second-order valence-electron chi connectivity index (χ2n) is 6.05. The smallest absolute Gasteiger partial charge is 0.365 e. The highest BCUT2D eigenvalue weighted by Crippen LogP contribution is 2.37. The van der Waals surface area contributed by atoms with Crippen molar-refractivity contribution in [1.29, 1.82) is 0 Å². The number of nitrogens with zero attached hydrogens (tertiary/aromatic N) is 2. The number of aliphatic carboxylic acids is 1. The lowest BCUT2D eigenvalue weighted by atomic mass is 9.88. The monoisotopic (exact) mass is 398 g/mol. The van der Waals surface area contributed by atoms with E-state index in [9.17, 15) is 9.18 Å². The number of aromatic nitrogens is 2. The van der Waals surface area contributed by atoms with Crippen molar-refractivity contribution in [3.8, 4) is 0 Å². The van der Waals surface area contributed by atoms with Crippen LogP contribution in [0.1, 0.15) is 35.4 Å². The number of hydrogen-bond acceptors (Lipinski definition) is 3. The summed E-state index contributed by atoms with van der Waals surface area (Å²) < 4.78 is 21.1. The summed E-state index contributed by atoms with van der Waals surface area (Å²) in [7, 11) is 1.54. The molecule has 0 amide bonds. The highest BCUT2D eigenvalue weighted by Gasteiger charge is 2.29. The van der Waals surface area contributed by atoms with Gasteiger partial charge in [-0.3, -0.25) is 0 Å². The number of allylic oxidation sites excluding steroid dienone is 1. The molecule has 0 spiro atoms. The number of methoxy groups -OCH3 is 1. The normalized spacial score (nSPS) is 15.7. The average Bonchev–Trinajstić information content (AvgIpc) is 2.95. The average molecular weight is 399 g/mol. The molecule has 1 aromatic carbocycles. The van der Waals surface area contributed by atoms with Crippen molar-refractivity contribution in [2.45, 2.75) is 32.4 Å². The second kappa shape index (κ2) is 7.78. The number of carbonyl (C=O) groups is 1. The Morgan fingerprint density at radius 3 is 2.81 bits per heavy atom. The van der Waals surface area contributed by atoms with Gasteiger partial charge < -0.3 is 9.84 Å². The zero-order chi connectivity index (χ0) is 18.8. The van der Waals surface area contributed by atoms with E-state index in [0.29, 0.717) is 47.0 Å². The number of benzene rings is 1. The highest BCUT2D eigenvalue weighted by molar-refractivity contribution is 6.35. The number of hydrogen-bond donors (Lipinski definition) is 1. The molecule has 0 radical (unpaired) electrons. The summed E-state index contributed by atoms with van der Waals surface area (Å²) >= 11 is 12.2. The van der Waals surface area contributed by atoms with Gasteiger partial charge in [-0.2, -0.15) is 9.49 Å². The molecule has 2 aromatic rings. The lowest BCUT2D eigenvalue weighted by Crippen LogP contribution is -2.12. The third kappa shape index (κ3) is 3.63. The van der Waals surface area contributed by atoms with Crippen molar-refractivity contribution >= 4 is 34.7 Å². The number of rotatable bonds is 5. The van der Waals surface area contributed by atoms with E-state index in [1.807, 2.05) is 0 Å². The van der Waals surface area contributed by atoms with Crippen molar-refractivity contribution in [3.05, 3.63) is 56.6 Å². The molecular weight excluding hydrogens is 382 g/mol. The second-order valence-corrected chi connectivity index (χ2v) is 6.89. The minimum Gasteiger partial charge on any atom is -0.476 e. The van der Waals surface area contributed by atoms with Crippen LogP contribution in [-0.4, -0.2) is 28.0 Å². The van der Waals surface area contributed by atoms with Gasteiger partial charge in [0, 0.05) is 40.4 Å². The van der Waals surface area contributed by atoms with Gasteiger partial charge in [0.1, 0.15) is 6.73 Å². The largest absolute Gasteiger partial charge is 0.476 e. The fourth-order valence-corrected chi connectivity index (χ4v) is 3.73. The van der Waals surface area contributed by atoms with E-state index in [0.717, 1.165) is 11.3 Å². The van der Waals surface area contributed by atoms with Crippen molar-refractivity contribution < 1.29 is 19.0 Å². The van der Waals surface area contributed by atoms with Crippen LogP contribution in [0, 0.1) is 0 Å². The molecule has 0 fully saturated rings. The Morgan fingerprint density at radius 2 is 2.15 bits per heavy atom. The first-order chi connectivity index (χ1) is 12.4. The molecular formula is C18H17Cl2FN2O3. The van der Waals surface area contributed by atoms with Crippen molar-refractivity contribution in [2.24, 2.45) is 0 Å². The number of carboxylic acid groups (broad SMARTS) is 1. The van der Waals surface area contributed by atoms with Crippen molar-refractivity contribution in [1.82, 2.24) is 9.78 Å². The van der Waals surface area contributed by atoms with Crippen LogP contribution < -0.4 is 0 Å². The maximum absolute atomic E-state index is 14.3. The summed E-state index contributed by atoms with van der Waals surface area (Å²) in [6.07, 6.45) is 2.02. The zero-order valence-electron chi connectivity index (χ0n) is 14.1. The predicted octanol–water partition coefficient (Wildman–Crippen LogP) is 4.49. The number of halogens is 3. The Bertz CT molecular complexity index is 893. The first kappa shape index (κ1) is 18.9. The van der Waals surface area contributed by atoms with E-state index in [2.05, 4.69) is 5.10 Å². The molecule has 3 rings (SSSR count). The molecule has 26 heavy (non-hydrogen) atoms. The van der Waals surface area contributed by atoms with Crippen molar-refractivity contribution in [2.75, 3.05) is 7.11 Å². The van der Waals surface area contributed by atoms with Gasteiger partial charge in [-0.1, -0.05) is 29.3 Å². The van der Waals surface area contributed by atoms with Crippen LogP contribution >= 0.6 is 23.2 Å². The zero-order valence-corrected chi connectivity index (χ0v) is 15.6. The molecule has 1 aliphatic rings. The first-order valence-corrected chi connectivity index (χ1v) is 8.81. The van der Waals surface area contributed by atoms with Crippen LogP contribution in [0.5, 0.6) is 0 Å². The molecule has 0 bridgehead atoms. The van der Waals surface area contributed by atoms with Crippen molar-refractivity contribution in [3.63, 3.8) is 0 Å². The maximum atomic E-state index is 14.3. The third-order valence-corrected chi connectivity index (χ3v) is 4.94. The lowest BCUT2D eigenvalue weighted by Gasteiger charge is -2.18. The minimum atomic E-state index is -1.57. The quantitative estimate of drug-likeness (QED) is 0.753. The Hall–Kier alpha value is -1.89. The standard InChI is InChI=1S/C18H17Cl2FN2O3/c1-26-9-23-15-4-2-3-12(17(21)18(24)25)16(15)14(22-23)7-10-5-6-11(19)8-13(10)20/h5-6,8H,2-4,7,9H2,1H3,(H,24,25)/b17-12-. The van der Waals surface area contributed by atoms with Crippen LogP contribution in [0.25, 0.3) is 5.57 Å². The molecule has 0 saturated heterocycles. The summed E-state index contributed by atoms with van der Waals surface area (Å²) in [5.41, 5.74) is 2.87. The highest BCUT2D eigenvalue weighted by atomic mass is 35.5. The SMILES string of the molecule is COCn1nc(Cc2ccc(Cl)cc2Cl)c2c1CCC/C2=C(/F)C(=O)O. The van der Waals surface area contributed by atoms with Crippen LogP contribution in [0.15, 0.2) is 24.0 Å². The van der Waals surface area contributed by atoms with Gasteiger partial charge >= 0.3 is 5.97 Å². The van der Waals surface area contributed by atoms with Crippen LogP contribution in [0.4, 0.5) is 4.39 Å². The molecule has 1 aromatic heterocycles. The van der Waals surface area contributed by atoms with Crippen LogP contribution in [0.3, 0.4) is 0 Å². The fourth-order valence-electron chi connectivity index (χ4n) is 3.26. The van der Waals surface area contributed by atoms with Crippen LogP contribution in [-0.2, 0) is 29.1 Å². The summed E-state index contributed by atoms with van der Waals surface area (Å²) in [6.45, 7) is 0.207. The Labute approximate surface area is 160 Å². The topological polar surface area (TPSA) is 64.4 Å². The molecule has 0 unspecified atom stereocenters. The molecule has 1 heterocycles. The molecule has 1 aliphatic carbocycles. The van der Waals surface area contributed by atoms with E-state index >= 15 is 0 Å². The van der Waals surface area contributed by atoms with E-state index in [1.165, 1.54) is 0 Å². The number of ether oxygens (including phenoxy) is 1. The number of fused-ring (bicyclic) bond motifs is 1. The van der Waals surface area contributed by atoms with Crippen LogP contribution in [0.2, 0.25) is 10.0 Å². The molecule has 1 N–H and O–H groups in total. The summed E-state index contributed by atoms with van der Waals surface area (Å²) in [5.74, 6) is -2.70. The summed E-state index contributed by atoms with van der Waals surface area (Å²) in [6, 6.07) is 5.13. The van der Waals surface area contributed by atoms with E-state index < -0.39 is 11.8 Å². The maximum Gasteiger partial charge on any atom is 0.365 e. The van der Waals surface area contributed by atoms with Gasteiger partial charge in [0.15, 0.2) is 0 Å². The third-order valence-electron chi connectivity index (χ3n) is 4.35. The van der Waals surface area contributed by atoms with E-state index in [4.69, 9.17) is 33.0 Å². The van der Waals surface area contributed by atoms with Gasteiger partial charge in [-0.25, -0.2) is 9.48 Å².